The number of non-ortho nitro benzene ring substituents is 1. The van der Waals surface area contributed by atoms with Crippen LogP contribution in [0.15, 0.2) is 59.1 Å². The Hall–Kier alpha value is -2.40. The van der Waals surface area contributed by atoms with Gasteiger partial charge < -0.3 is 4.43 Å². The van der Waals surface area contributed by atoms with E-state index in [0.29, 0.717) is 18.5 Å². The molecule has 0 spiro atoms. The summed E-state index contributed by atoms with van der Waals surface area (Å²) in [7, 11) is -2.23. The number of nitro groups is 1. The molecule has 5 rings (SSSR count). The lowest BCUT2D eigenvalue weighted by Gasteiger charge is -2.57. The molecular weight excluding hydrogens is 573 g/mol. The molecular formula is C31H38N2O5S2Si. The molecule has 10 heteroatoms. The SMILES string of the molecule is CC[C@H](O[Si](C)(C)C(C)(C)C)[C@@H]1C(=O)N2C(C(=O)S)=C(C3Cc4ccccc4C3)S[C@]12Cc1ccc([N+](=O)[O-])cc1. The molecule has 0 unspecified atom stereocenters. The predicted molar refractivity (Wildman–Crippen MR) is 168 cm³/mol. The molecule has 3 aliphatic rings. The Balaban J connectivity index is 1.57. The van der Waals surface area contributed by atoms with Crippen LogP contribution in [0.2, 0.25) is 18.1 Å². The van der Waals surface area contributed by atoms with Gasteiger partial charge in [-0.15, -0.1) is 0 Å². The number of amides is 1. The van der Waals surface area contributed by atoms with Crippen LogP contribution in [0.4, 0.5) is 5.69 Å². The van der Waals surface area contributed by atoms with Gasteiger partial charge >= 0.3 is 0 Å². The van der Waals surface area contributed by atoms with Crippen LogP contribution in [-0.2, 0) is 33.3 Å². The number of β-lactam (4-membered cyclic amide) rings is 1. The fraction of sp³-hybridized carbons (Fsp3) is 0.484. The molecule has 3 atom stereocenters. The van der Waals surface area contributed by atoms with E-state index in [4.69, 9.17) is 4.43 Å². The monoisotopic (exact) mass is 610 g/mol. The van der Waals surface area contributed by atoms with E-state index in [-0.39, 0.29) is 28.7 Å². The van der Waals surface area contributed by atoms with Gasteiger partial charge in [-0.05, 0) is 54.1 Å². The summed E-state index contributed by atoms with van der Waals surface area (Å²) in [5.41, 5.74) is 3.82. The topological polar surface area (TPSA) is 89.8 Å². The van der Waals surface area contributed by atoms with Crippen molar-refractivity contribution in [3.8, 4) is 0 Å². The van der Waals surface area contributed by atoms with E-state index in [1.165, 1.54) is 23.3 Å². The third-order valence-corrected chi connectivity index (χ3v) is 15.7. The molecule has 7 nitrogen and oxygen atoms in total. The van der Waals surface area contributed by atoms with Gasteiger partial charge in [0.05, 0.1) is 16.9 Å². The van der Waals surface area contributed by atoms with Gasteiger partial charge in [-0.1, -0.05) is 88.5 Å². The normalized spacial score (nSPS) is 23.3. The maximum Gasteiger partial charge on any atom is 0.269 e. The molecule has 1 fully saturated rings. The van der Waals surface area contributed by atoms with Crippen molar-refractivity contribution in [2.75, 3.05) is 0 Å². The van der Waals surface area contributed by atoms with Crippen molar-refractivity contribution in [3.63, 3.8) is 0 Å². The minimum atomic E-state index is -2.23. The number of carbonyl (C=O) groups excluding carboxylic acids is 2. The number of hydrogen-bond acceptors (Lipinski definition) is 6. The Bertz CT molecular complexity index is 1410. The first-order valence-electron chi connectivity index (χ1n) is 14.2. The lowest BCUT2D eigenvalue weighted by Crippen LogP contribution is -2.72. The number of thiol groups is 1. The van der Waals surface area contributed by atoms with Gasteiger partial charge in [0, 0.05) is 29.4 Å². The Labute approximate surface area is 252 Å². The zero-order valence-electron chi connectivity index (χ0n) is 24.5. The summed E-state index contributed by atoms with van der Waals surface area (Å²) in [5, 5.41) is 10.9. The number of thioether (sulfide) groups is 1. The molecule has 1 amide bonds. The highest BCUT2D eigenvalue weighted by Crippen LogP contribution is 2.63. The van der Waals surface area contributed by atoms with E-state index in [1.807, 2.05) is 12.1 Å². The van der Waals surface area contributed by atoms with E-state index < -0.39 is 29.1 Å². The lowest BCUT2D eigenvalue weighted by atomic mass is 9.77. The van der Waals surface area contributed by atoms with Crippen molar-refractivity contribution < 1.29 is 18.9 Å². The predicted octanol–water partition coefficient (Wildman–Crippen LogP) is 6.92. The van der Waals surface area contributed by atoms with Crippen LogP contribution in [0.1, 0.15) is 50.8 Å². The van der Waals surface area contributed by atoms with Crippen molar-refractivity contribution in [2.45, 2.75) is 82.5 Å². The molecule has 0 N–H and O–H groups in total. The smallest absolute Gasteiger partial charge is 0.269 e. The number of fused-ring (bicyclic) bond motifs is 2. The molecule has 2 aromatic carbocycles. The summed E-state index contributed by atoms with van der Waals surface area (Å²) >= 11 is 5.91. The quantitative estimate of drug-likeness (QED) is 0.109. The van der Waals surface area contributed by atoms with Gasteiger partial charge in [0.2, 0.25) is 11.0 Å². The fourth-order valence-electron chi connectivity index (χ4n) is 6.22. The molecule has 218 valence electrons. The highest BCUT2D eigenvalue weighted by atomic mass is 32.2. The number of rotatable bonds is 9. The summed E-state index contributed by atoms with van der Waals surface area (Å²) in [4.78, 5) is 40.0. The second kappa shape index (κ2) is 10.7. The Morgan fingerprint density at radius 3 is 2.24 bits per heavy atom. The van der Waals surface area contributed by atoms with E-state index in [2.05, 4.69) is 65.6 Å². The number of carbonyl (C=O) groups is 2. The van der Waals surface area contributed by atoms with Gasteiger partial charge in [-0.25, -0.2) is 0 Å². The van der Waals surface area contributed by atoms with Crippen molar-refractivity contribution in [3.05, 3.63) is 85.9 Å². The van der Waals surface area contributed by atoms with Crippen LogP contribution in [0.3, 0.4) is 0 Å². The van der Waals surface area contributed by atoms with Crippen molar-refractivity contribution in [1.29, 1.82) is 0 Å². The molecule has 2 aliphatic heterocycles. The first-order chi connectivity index (χ1) is 19.2. The molecule has 0 aromatic heterocycles. The molecule has 2 aromatic rings. The molecule has 41 heavy (non-hydrogen) atoms. The summed E-state index contributed by atoms with van der Waals surface area (Å²) in [6.07, 6.45) is 2.40. The highest BCUT2D eigenvalue weighted by Gasteiger charge is 2.69. The molecule has 0 radical (unpaired) electrons. The summed E-state index contributed by atoms with van der Waals surface area (Å²) in [5.74, 6) is -0.490. The number of hydrogen-bond donors (Lipinski definition) is 1. The Morgan fingerprint density at radius 2 is 1.76 bits per heavy atom. The zero-order valence-corrected chi connectivity index (χ0v) is 27.2. The highest BCUT2D eigenvalue weighted by molar-refractivity contribution is 8.05. The van der Waals surface area contributed by atoms with Crippen LogP contribution in [0.25, 0.3) is 0 Å². The molecule has 0 bridgehead atoms. The number of nitrogens with zero attached hydrogens (tertiary/aromatic N) is 2. The molecule has 1 saturated heterocycles. The number of benzene rings is 2. The fourth-order valence-corrected chi connectivity index (χ4v) is 9.81. The molecule has 0 saturated carbocycles. The molecule has 1 aliphatic carbocycles. The van der Waals surface area contributed by atoms with E-state index in [1.54, 1.807) is 28.8 Å². The Kier molecular flexibility index (Phi) is 7.85. The first-order valence-corrected chi connectivity index (χ1v) is 18.4. The Morgan fingerprint density at radius 1 is 1.17 bits per heavy atom. The average Bonchev–Trinajstić information content (AvgIpc) is 3.45. The van der Waals surface area contributed by atoms with Gasteiger partial charge in [0.15, 0.2) is 8.32 Å². The lowest BCUT2D eigenvalue weighted by molar-refractivity contribution is -0.384. The number of allylic oxidation sites excluding steroid dienone is 1. The third-order valence-electron chi connectivity index (χ3n) is 9.35. The van der Waals surface area contributed by atoms with Gasteiger partial charge in [-0.2, -0.15) is 0 Å². The zero-order chi connectivity index (χ0) is 29.9. The summed E-state index contributed by atoms with van der Waals surface area (Å²) < 4.78 is 6.92. The third kappa shape index (κ3) is 5.11. The number of nitro benzene ring substituents is 1. The van der Waals surface area contributed by atoms with Gasteiger partial charge in [0.1, 0.15) is 10.6 Å². The first kappa shape index (κ1) is 30.1. The minimum absolute atomic E-state index is 0.0184. The van der Waals surface area contributed by atoms with Crippen LogP contribution in [0.5, 0.6) is 0 Å². The second-order valence-corrected chi connectivity index (χ2v) is 19.4. The van der Waals surface area contributed by atoms with Crippen LogP contribution in [0, 0.1) is 22.0 Å². The van der Waals surface area contributed by atoms with E-state index >= 15 is 0 Å². The van der Waals surface area contributed by atoms with Gasteiger partial charge in [-0.3, -0.25) is 24.6 Å². The maximum absolute atomic E-state index is 14.1. The van der Waals surface area contributed by atoms with E-state index in [0.717, 1.165) is 23.3 Å². The molecule has 2 heterocycles. The van der Waals surface area contributed by atoms with E-state index in [9.17, 15) is 19.7 Å². The van der Waals surface area contributed by atoms with Crippen molar-refractivity contribution in [1.82, 2.24) is 4.90 Å². The standard InChI is InChI=1S/C31H38N2O5S2Si/c1-7-24(38-41(5,6)30(2,3)4)25-28(34)32-26(29(35)39)27(22-16-20-10-8-9-11-21(20)17-22)40-31(25,32)18-19-12-14-23(15-13-19)33(36)37/h8-15,22,24-25H,7,16-18H2,1-6H3,(H,35,39)/t24-,25+,31+/m0/s1. The largest absolute Gasteiger partial charge is 0.413 e. The van der Waals surface area contributed by atoms with Crippen molar-refractivity contribution >= 4 is 49.4 Å². The second-order valence-electron chi connectivity index (χ2n) is 12.9. The van der Waals surface area contributed by atoms with Gasteiger partial charge in [0.25, 0.3) is 5.69 Å². The maximum atomic E-state index is 14.1. The van der Waals surface area contributed by atoms with Crippen molar-refractivity contribution in [2.24, 2.45) is 11.8 Å². The minimum Gasteiger partial charge on any atom is -0.413 e. The summed E-state index contributed by atoms with van der Waals surface area (Å²) in [6, 6.07) is 14.9. The van der Waals surface area contributed by atoms with Crippen LogP contribution in [-0.4, -0.2) is 40.1 Å². The summed E-state index contributed by atoms with van der Waals surface area (Å²) in [6.45, 7) is 13.0. The average molecular weight is 611 g/mol. The van der Waals surface area contributed by atoms with Crippen LogP contribution >= 0.6 is 24.4 Å². The van der Waals surface area contributed by atoms with Crippen LogP contribution < -0.4 is 0 Å².